The van der Waals surface area contributed by atoms with Crippen molar-refractivity contribution in [2.45, 2.75) is 6.92 Å². The largest absolute Gasteiger partial charge is 0.506 e. The number of aromatic hydroxyl groups is 1. The molecule has 0 aliphatic heterocycles. The second kappa shape index (κ2) is 6.45. The van der Waals surface area contributed by atoms with Gasteiger partial charge in [-0.3, -0.25) is 4.79 Å². The number of rotatable bonds is 4. The van der Waals surface area contributed by atoms with E-state index in [0.29, 0.717) is 5.69 Å². The van der Waals surface area contributed by atoms with Crippen LogP contribution < -0.4 is 10.1 Å². The Morgan fingerprint density at radius 1 is 1.33 bits per heavy atom. The van der Waals surface area contributed by atoms with Crippen molar-refractivity contribution in [1.29, 1.82) is 0 Å². The van der Waals surface area contributed by atoms with Crippen molar-refractivity contribution in [3.63, 3.8) is 0 Å². The molecule has 0 atom stereocenters. The third kappa shape index (κ3) is 4.10. The SMILES string of the molecule is Cc1ccc(NC(=O)COc2ccc(F)c(Cl)c2)c(O)c1. The lowest BCUT2D eigenvalue weighted by Crippen LogP contribution is -2.20. The molecule has 0 saturated heterocycles. The molecule has 0 saturated carbocycles. The van der Waals surface area contributed by atoms with Gasteiger partial charge in [-0.1, -0.05) is 17.7 Å². The van der Waals surface area contributed by atoms with E-state index in [-0.39, 0.29) is 23.1 Å². The Balaban J connectivity index is 1.94. The molecular weight excluding hydrogens is 297 g/mol. The van der Waals surface area contributed by atoms with Crippen LogP contribution in [0, 0.1) is 12.7 Å². The first-order valence-electron chi connectivity index (χ1n) is 6.13. The minimum absolute atomic E-state index is 0.0202. The average Bonchev–Trinajstić information content (AvgIpc) is 2.43. The van der Waals surface area contributed by atoms with E-state index in [4.69, 9.17) is 16.3 Å². The molecule has 2 rings (SSSR count). The Bertz CT molecular complexity index is 676. The summed E-state index contributed by atoms with van der Waals surface area (Å²) in [6.45, 7) is 1.54. The van der Waals surface area contributed by atoms with E-state index in [9.17, 15) is 14.3 Å². The molecule has 2 aromatic carbocycles. The first-order chi connectivity index (χ1) is 9.95. The van der Waals surface area contributed by atoms with Crippen molar-refractivity contribution in [3.05, 3.63) is 52.8 Å². The monoisotopic (exact) mass is 309 g/mol. The highest BCUT2D eigenvalue weighted by Gasteiger charge is 2.08. The molecule has 6 heteroatoms. The standard InChI is InChI=1S/C15H13ClFNO3/c1-9-2-5-13(14(19)6-9)18-15(20)8-21-10-3-4-12(17)11(16)7-10/h2-7,19H,8H2,1H3,(H,18,20). The van der Waals surface area contributed by atoms with Crippen LogP contribution >= 0.6 is 11.6 Å². The second-order valence-electron chi connectivity index (χ2n) is 4.43. The summed E-state index contributed by atoms with van der Waals surface area (Å²) in [7, 11) is 0. The molecule has 110 valence electrons. The van der Waals surface area contributed by atoms with E-state index >= 15 is 0 Å². The van der Waals surface area contributed by atoms with Crippen LogP contribution in [0.5, 0.6) is 11.5 Å². The number of halogens is 2. The Labute approximate surface area is 126 Å². The quantitative estimate of drug-likeness (QED) is 0.850. The van der Waals surface area contributed by atoms with Crippen LogP contribution in [0.15, 0.2) is 36.4 Å². The van der Waals surface area contributed by atoms with Crippen LogP contribution in [0.25, 0.3) is 0 Å². The second-order valence-corrected chi connectivity index (χ2v) is 4.84. The van der Waals surface area contributed by atoms with Gasteiger partial charge in [0.15, 0.2) is 6.61 Å². The van der Waals surface area contributed by atoms with Crippen LogP contribution in [0.3, 0.4) is 0 Å². The van der Waals surface area contributed by atoms with Gasteiger partial charge in [0.05, 0.1) is 10.7 Å². The van der Waals surface area contributed by atoms with Crippen molar-refractivity contribution < 1.29 is 19.0 Å². The van der Waals surface area contributed by atoms with Gasteiger partial charge in [-0.25, -0.2) is 4.39 Å². The number of nitrogens with one attached hydrogen (secondary N) is 1. The Morgan fingerprint density at radius 3 is 2.76 bits per heavy atom. The lowest BCUT2D eigenvalue weighted by atomic mass is 10.2. The van der Waals surface area contributed by atoms with Crippen molar-refractivity contribution in [2.75, 3.05) is 11.9 Å². The van der Waals surface area contributed by atoms with Crippen LogP contribution in [0.2, 0.25) is 5.02 Å². The third-order valence-corrected chi connectivity index (χ3v) is 2.98. The van der Waals surface area contributed by atoms with E-state index in [0.717, 1.165) is 11.6 Å². The summed E-state index contributed by atoms with van der Waals surface area (Å²) in [4.78, 5) is 11.7. The van der Waals surface area contributed by atoms with Crippen LogP contribution in [0.1, 0.15) is 5.56 Å². The first-order valence-corrected chi connectivity index (χ1v) is 6.51. The lowest BCUT2D eigenvalue weighted by Gasteiger charge is -2.09. The molecule has 2 aromatic rings. The van der Waals surface area contributed by atoms with E-state index in [1.165, 1.54) is 18.2 Å². The molecule has 2 N–H and O–H groups in total. The number of amides is 1. The highest BCUT2D eigenvalue weighted by molar-refractivity contribution is 6.30. The maximum Gasteiger partial charge on any atom is 0.262 e. The molecule has 0 heterocycles. The predicted octanol–water partition coefficient (Wildman–Crippen LogP) is 3.51. The van der Waals surface area contributed by atoms with Gasteiger partial charge in [-0.2, -0.15) is 0 Å². The summed E-state index contributed by atoms with van der Waals surface area (Å²) in [6.07, 6.45) is 0. The number of carbonyl (C=O) groups excluding carboxylic acids is 1. The maximum absolute atomic E-state index is 13.0. The van der Waals surface area contributed by atoms with Gasteiger partial charge in [0.2, 0.25) is 0 Å². The molecular formula is C15H13ClFNO3. The van der Waals surface area contributed by atoms with Gasteiger partial charge in [0, 0.05) is 6.07 Å². The zero-order chi connectivity index (χ0) is 15.4. The summed E-state index contributed by atoms with van der Waals surface area (Å²) >= 11 is 5.61. The first kappa shape index (κ1) is 15.1. The molecule has 0 unspecified atom stereocenters. The minimum Gasteiger partial charge on any atom is -0.506 e. The number of carbonyl (C=O) groups is 1. The van der Waals surface area contributed by atoms with Crippen molar-refractivity contribution >= 4 is 23.2 Å². The summed E-state index contributed by atoms with van der Waals surface area (Å²) in [6, 6.07) is 8.70. The topological polar surface area (TPSA) is 58.6 Å². The van der Waals surface area contributed by atoms with Crippen LogP contribution in [-0.2, 0) is 4.79 Å². The Hall–Kier alpha value is -2.27. The van der Waals surface area contributed by atoms with Crippen LogP contribution in [-0.4, -0.2) is 17.6 Å². The summed E-state index contributed by atoms with van der Waals surface area (Å²) in [5, 5.41) is 12.1. The van der Waals surface area contributed by atoms with Crippen molar-refractivity contribution in [2.24, 2.45) is 0 Å². The van der Waals surface area contributed by atoms with Gasteiger partial charge >= 0.3 is 0 Å². The van der Waals surface area contributed by atoms with Crippen molar-refractivity contribution in [3.8, 4) is 11.5 Å². The summed E-state index contributed by atoms with van der Waals surface area (Å²) < 4.78 is 18.2. The molecule has 1 amide bonds. The highest BCUT2D eigenvalue weighted by atomic mass is 35.5. The van der Waals surface area contributed by atoms with Gasteiger partial charge in [0.1, 0.15) is 17.3 Å². The minimum atomic E-state index is -0.557. The number of phenolic OH excluding ortho intramolecular Hbond substituents is 1. The van der Waals surface area contributed by atoms with E-state index in [2.05, 4.69) is 5.32 Å². The van der Waals surface area contributed by atoms with Gasteiger partial charge in [-0.15, -0.1) is 0 Å². The number of phenols is 1. The van der Waals surface area contributed by atoms with E-state index in [1.807, 2.05) is 6.92 Å². The fraction of sp³-hybridized carbons (Fsp3) is 0.133. The summed E-state index contributed by atoms with van der Waals surface area (Å²) in [5.74, 6) is -0.745. The van der Waals surface area contributed by atoms with Crippen molar-refractivity contribution in [1.82, 2.24) is 0 Å². The third-order valence-electron chi connectivity index (χ3n) is 2.69. The average molecular weight is 310 g/mol. The molecule has 4 nitrogen and oxygen atoms in total. The normalized spacial score (nSPS) is 10.2. The number of ether oxygens (including phenoxy) is 1. The molecule has 0 aromatic heterocycles. The molecule has 0 bridgehead atoms. The highest BCUT2D eigenvalue weighted by Crippen LogP contribution is 2.24. The number of benzene rings is 2. The summed E-state index contributed by atoms with van der Waals surface area (Å²) in [5.41, 5.74) is 1.18. The van der Waals surface area contributed by atoms with Crippen LogP contribution in [0.4, 0.5) is 10.1 Å². The van der Waals surface area contributed by atoms with Gasteiger partial charge in [-0.05, 0) is 36.8 Å². The molecule has 21 heavy (non-hydrogen) atoms. The molecule has 0 fully saturated rings. The Morgan fingerprint density at radius 2 is 2.10 bits per heavy atom. The number of anilines is 1. The van der Waals surface area contributed by atoms with Gasteiger partial charge < -0.3 is 15.2 Å². The maximum atomic E-state index is 13.0. The molecule has 0 radical (unpaired) electrons. The lowest BCUT2D eigenvalue weighted by molar-refractivity contribution is -0.118. The Kier molecular flexibility index (Phi) is 4.65. The zero-order valence-electron chi connectivity index (χ0n) is 11.2. The number of hydrogen-bond donors (Lipinski definition) is 2. The number of aryl methyl sites for hydroxylation is 1. The van der Waals surface area contributed by atoms with Gasteiger partial charge in [0.25, 0.3) is 5.91 Å². The predicted molar refractivity (Wildman–Crippen MR) is 78.4 cm³/mol. The fourth-order valence-electron chi connectivity index (χ4n) is 1.65. The molecule has 0 spiro atoms. The smallest absolute Gasteiger partial charge is 0.262 e. The molecule has 0 aliphatic rings. The number of hydrogen-bond acceptors (Lipinski definition) is 3. The molecule has 0 aliphatic carbocycles. The zero-order valence-corrected chi connectivity index (χ0v) is 11.9. The fourth-order valence-corrected chi connectivity index (χ4v) is 1.82. The van der Waals surface area contributed by atoms with E-state index in [1.54, 1.807) is 12.1 Å². The van der Waals surface area contributed by atoms with E-state index < -0.39 is 11.7 Å².